The van der Waals surface area contributed by atoms with E-state index in [0.717, 1.165) is 25.7 Å². The van der Waals surface area contributed by atoms with E-state index in [1.54, 1.807) is 46.7 Å². The van der Waals surface area contributed by atoms with Crippen LogP contribution in [-0.2, 0) is 72.4 Å². The Balaban J connectivity index is 0.000000131. The Hall–Kier alpha value is -9.18. The van der Waals surface area contributed by atoms with Crippen molar-refractivity contribution >= 4 is 140 Å². The summed E-state index contributed by atoms with van der Waals surface area (Å²) in [6.07, 6.45) is 4.53. The van der Waals surface area contributed by atoms with Crippen molar-refractivity contribution in [3.8, 4) is 44.5 Å². The van der Waals surface area contributed by atoms with Gasteiger partial charge in [0.25, 0.3) is 0 Å². The zero-order valence-electron chi connectivity index (χ0n) is 70.2. The molecular weight excluding hydrogens is 1650 g/mol. The van der Waals surface area contributed by atoms with Crippen molar-refractivity contribution in [1.82, 2.24) is 0 Å². The van der Waals surface area contributed by atoms with Crippen LogP contribution >= 0.6 is 0 Å². The number of hydrogen-bond acceptors (Lipinski definition) is 0. The van der Waals surface area contributed by atoms with Crippen LogP contribution in [0.5, 0.6) is 0 Å². The monoisotopic (exact) mass is 1750 g/mol. The summed E-state index contributed by atoms with van der Waals surface area (Å²) in [6, 6.07) is 125. The molecule has 0 fully saturated rings. The van der Waals surface area contributed by atoms with Crippen molar-refractivity contribution < 1.29 is 71.5 Å². The second kappa shape index (κ2) is 39.3. The van der Waals surface area contributed by atoms with Crippen LogP contribution in [0.15, 0.2) is 340 Å². The average molecular weight is 1760 g/mol. The van der Waals surface area contributed by atoms with Gasteiger partial charge < -0.3 is 24.8 Å². The van der Waals surface area contributed by atoms with Crippen LogP contribution < -0.4 is 24.8 Å². The van der Waals surface area contributed by atoms with Crippen molar-refractivity contribution in [3.63, 3.8) is 0 Å². The summed E-state index contributed by atoms with van der Waals surface area (Å²) in [5.74, 6) is 2.69. The molecule has 20 aromatic carbocycles. The molecule has 0 N–H and O–H groups in total. The molecular formula is C112H104Cl2Si2Zr2-2. The molecule has 0 saturated heterocycles. The van der Waals surface area contributed by atoms with E-state index in [1.807, 2.05) is 0 Å². The van der Waals surface area contributed by atoms with Gasteiger partial charge in [0.15, 0.2) is 0 Å². The van der Waals surface area contributed by atoms with Gasteiger partial charge in [0.05, 0.1) is 0 Å². The standard InChI is InChI=1S/4C27H23.2C2H6Si.2ClH.2Zr/c4*1-18(2)14-19-15-20-9-7-13-25(26(20)16-19)27-17-21-8-3-4-10-22(21)23-11-5-6-12-24(23)27;2*1-3-2;;;;/h4*3-13,15-18H,14H2,1-2H3;2*1-2H3;2*1H;;/q4*-1;;;;;2*+2/p-2. The van der Waals surface area contributed by atoms with E-state index in [1.165, 1.54) is 196 Å². The summed E-state index contributed by atoms with van der Waals surface area (Å²) in [5, 5.41) is 32.0. The number of benzene rings is 16. The minimum atomic E-state index is 0. The minimum absolute atomic E-state index is 0. The maximum Gasteiger partial charge on any atom is -1.00 e. The van der Waals surface area contributed by atoms with Gasteiger partial charge in [-0.2, -0.15) is 24.3 Å². The minimum Gasteiger partial charge on any atom is -1.00 e. The summed E-state index contributed by atoms with van der Waals surface area (Å²) in [7, 11) is 0. The summed E-state index contributed by atoms with van der Waals surface area (Å²) in [6.45, 7) is 27.5. The predicted octanol–water partition coefficient (Wildman–Crippen LogP) is 26.5. The van der Waals surface area contributed by atoms with Crippen molar-refractivity contribution in [1.29, 1.82) is 0 Å². The molecule has 0 bridgehead atoms. The summed E-state index contributed by atoms with van der Waals surface area (Å²) < 4.78 is 0. The van der Waals surface area contributed by atoms with Crippen LogP contribution in [0.4, 0.5) is 0 Å². The number of hydrogen-bond donors (Lipinski definition) is 0. The number of fused-ring (bicyclic) bond motifs is 16. The van der Waals surface area contributed by atoms with E-state index >= 15 is 0 Å². The van der Waals surface area contributed by atoms with E-state index in [0.29, 0.717) is 23.7 Å². The second-order valence-corrected chi connectivity index (χ2v) is 52.6. The molecule has 20 aromatic rings. The second-order valence-electron chi connectivity index (χ2n) is 33.8. The van der Waals surface area contributed by atoms with Gasteiger partial charge in [0, 0.05) is 0 Å². The zero-order valence-corrected chi connectivity index (χ0v) is 78.7. The van der Waals surface area contributed by atoms with Crippen LogP contribution in [0.1, 0.15) is 77.6 Å². The van der Waals surface area contributed by atoms with Crippen LogP contribution in [0, 0.1) is 23.7 Å². The molecule has 0 aliphatic heterocycles. The molecule has 0 aliphatic rings. The maximum atomic E-state index is 2.40. The Morgan fingerprint density at radius 2 is 0.373 bits per heavy atom. The Bertz CT molecular complexity index is 6140. The van der Waals surface area contributed by atoms with Crippen LogP contribution in [0.25, 0.3) is 174 Å². The number of halogens is 2. The van der Waals surface area contributed by atoms with Crippen LogP contribution in [0.3, 0.4) is 0 Å². The van der Waals surface area contributed by atoms with E-state index in [2.05, 4.69) is 421 Å². The van der Waals surface area contributed by atoms with E-state index < -0.39 is 0 Å². The molecule has 0 amide bonds. The maximum absolute atomic E-state index is 2.40. The first kappa shape index (κ1) is 86.7. The third-order valence-electron chi connectivity index (χ3n) is 22.1. The third kappa shape index (κ3) is 19.6. The molecule has 0 unspecified atom stereocenters. The first-order chi connectivity index (χ1) is 56.3. The fourth-order valence-corrected chi connectivity index (χ4v) is 17.6. The van der Waals surface area contributed by atoms with Crippen molar-refractivity contribution in [2.75, 3.05) is 0 Å². The molecule has 584 valence electrons. The van der Waals surface area contributed by atoms with Gasteiger partial charge in [-0.15, -0.1) is 138 Å². The molecule has 0 radical (unpaired) electrons. The normalized spacial score (nSPS) is 11.3. The van der Waals surface area contributed by atoms with E-state index in [-0.39, 0.29) is 35.7 Å². The summed E-state index contributed by atoms with van der Waals surface area (Å²) in [4.78, 5) is 0. The first-order valence-electron chi connectivity index (χ1n) is 41.7. The van der Waals surface area contributed by atoms with Crippen LogP contribution in [0.2, 0.25) is 26.2 Å². The predicted molar refractivity (Wildman–Crippen MR) is 509 cm³/mol. The van der Waals surface area contributed by atoms with Gasteiger partial charge in [-0.3, -0.25) is 0 Å². The van der Waals surface area contributed by atoms with Crippen molar-refractivity contribution in [2.24, 2.45) is 23.7 Å². The Morgan fingerprint density at radius 3 is 0.559 bits per heavy atom. The molecule has 0 nitrogen and oxygen atoms in total. The van der Waals surface area contributed by atoms with Crippen molar-refractivity contribution in [2.45, 2.75) is 107 Å². The fraction of sp³-hybridized carbons (Fsp3) is 0.179. The molecule has 6 heteroatoms. The van der Waals surface area contributed by atoms with Gasteiger partial charge in [-0.1, -0.05) is 296 Å². The van der Waals surface area contributed by atoms with E-state index in [4.69, 9.17) is 0 Å². The molecule has 20 rings (SSSR count). The fourth-order valence-electron chi connectivity index (χ4n) is 17.6. The van der Waals surface area contributed by atoms with Crippen molar-refractivity contribution in [3.05, 3.63) is 362 Å². The zero-order chi connectivity index (χ0) is 80.7. The topological polar surface area (TPSA) is 0 Å². The van der Waals surface area contributed by atoms with Crippen LogP contribution in [-0.4, -0.2) is 10.9 Å². The van der Waals surface area contributed by atoms with Gasteiger partial charge in [0.1, 0.15) is 0 Å². The number of rotatable bonds is 12. The molecule has 0 heterocycles. The summed E-state index contributed by atoms with van der Waals surface area (Å²) in [5.41, 5.74) is 16.9. The third-order valence-corrected chi connectivity index (χ3v) is 22.1. The average Bonchev–Trinajstić information content (AvgIpc) is 1.31. The molecule has 0 atom stereocenters. The van der Waals surface area contributed by atoms with Gasteiger partial charge in [-0.05, 0) is 182 Å². The van der Waals surface area contributed by atoms with Gasteiger partial charge in [0.2, 0.25) is 0 Å². The molecule has 118 heavy (non-hydrogen) atoms. The van der Waals surface area contributed by atoms with E-state index in [9.17, 15) is 0 Å². The Morgan fingerprint density at radius 1 is 0.203 bits per heavy atom. The SMILES string of the molecule is CC(C)Cc1cc2c(-c3cc4ccccc4c4ccccc34)cccc2[cH-]1.CC(C)Cc1cc2c(-c3cc4ccccc4c4ccccc34)cccc2[cH-]1.CC(C)Cc1cc2c(-c3cc4ccccc4c4ccccc34)cccc2[cH-]1.CC(C)Cc1cc2c(-c3cc4ccccc4c4ccccc34)cccc2[cH-]1.C[Si](C)=[Zr+2].C[Si](C)=[Zr+2].[Cl-].[Cl-]. The first-order valence-corrected chi connectivity index (χ1v) is 54.1. The Labute approximate surface area is 741 Å². The quantitative estimate of drug-likeness (QED) is 0.0650. The van der Waals surface area contributed by atoms with Gasteiger partial charge in [-0.25, -0.2) is 0 Å². The van der Waals surface area contributed by atoms with Gasteiger partial charge >= 0.3 is 83.7 Å². The smallest absolute Gasteiger partial charge is 1.00 e. The molecule has 0 spiro atoms. The molecule has 0 aliphatic carbocycles. The Kier molecular flexibility index (Phi) is 28.9. The largest absolute Gasteiger partial charge is 1.00 e. The molecule has 0 aromatic heterocycles. The molecule has 0 saturated carbocycles. The summed E-state index contributed by atoms with van der Waals surface area (Å²) >= 11 is 3.48.